The summed E-state index contributed by atoms with van der Waals surface area (Å²) in [7, 11) is 0. The number of anilines is 1. The van der Waals surface area contributed by atoms with Gasteiger partial charge in [-0.3, -0.25) is 0 Å². The van der Waals surface area contributed by atoms with Crippen LogP contribution in [0, 0.1) is 0 Å². The van der Waals surface area contributed by atoms with Crippen molar-refractivity contribution in [2.24, 2.45) is 0 Å². The molecular weight excluding hydrogens is 424 g/mol. The molecule has 35 heavy (non-hydrogen) atoms. The van der Waals surface area contributed by atoms with Gasteiger partial charge in [-0.1, -0.05) is 148 Å². The summed E-state index contributed by atoms with van der Waals surface area (Å²) in [5, 5.41) is 0. The van der Waals surface area contributed by atoms with E-state index >= 15 is 0 Å². The predicted octanol–water partition coefficient (Wildman–Crippen LogP) is 10.8. The van der Waals surface area contributed by atoms with Gasteiger partial charge in [-0.05, 0) is 31.4 Å². The molecule has 1 aromatic rings. The first-order chi connectivity index (χ1) is 17.4. The van der Waals surface area contributed by atoms with Crippen LogP contribution in [0.5, 0.6) is 0 Å². The fourth-order valence-corrected chi connectivity index (χ4v) is 5.50. The molecule has 2 heteroatoms. The number of hydrogen-bond donors (Lipinski definition) is 0. The molecule has 0 amide bonds. The molecule has 1 heterocycles. The van der Waals surface area contributed by atoms with E-state index in [1.807, 2.05) is 0 Å². The summed E-state index contributed by atoms with van der Waals surface area (Å²) in [4.78, 5) is 5.15. The van der Waals surface area contributed by atoms with Gasteiger partial charge in [-0.2, -0.15) is 0 Å². The number of benzene rings is 1. The van der Waals surface area contributed by atoms with E-state index in [0.717, 1.165) is 0 Å². The Bertz CT molecular complexity index is 611. The first kappa shape index (κ1) is 29.8. The van der Waals surface area contributed by atoms with Gasteiger partial charge < -0.3 is 9.80 Å². The van der Waals surface area contributed by atoms with Crippen molar-refractivity contribution in [1.82, 2.24) is 4.90 Å². The average molecular weight is 483 g/mol. The van der Waals surface area contributed by atoms with Crippen LogP contribution in [0.25, 0.3) is 0 Å². The smallest absolute Gasteiger partial charge is 0.105 e. The third-order valence-electron chi connectivity index (χ3n) is 7.76. The van der Waals surface area contributed by atoms with Crippen molar-refractivity contribution in [3.63, 3.8) is 0 Å². The third-order valence-corrected chi connectivity index (χ3v) is 7.76. The van der Waals surface area contributed by atoms with Gasteiger partial charge in [0.25, 0.3) is 0 Å². The Morgan fingerprint density at radius 3 is 1.49 bits per heavy atom. The monoisotopic (exact) mass is 482 g/mol. The highest BCUT2D eigenvalue weighted by atomic mass is 15.4. The maximum absolute atomic E-state index is 2.63. The van der Waals surface area contributed by atoms with E-state index in [0.29, 0.717) is 6.17 Å². The minimum atomic E-state index is 0.505. The summed E-state index contributed by atoms with van der Waals surface area (Å²) in [6, 6.07) is 11.0. The molecule has 0 fully saturated rings. The lowest BCUT2D eigenvalue weighted by Gasteiger charge is -2.33. The number of unbranched alkanes of at least 4 members (excludes halogenated alkanes) is 18. The Morgan fingerprint density at radius 2 is 0.971 bits per heavy atom. The molecule has 0 saturated carbocycles. The summed E-state index contributed by atoms with van der Waals surface area (Å²) in [6.45, 7) is 5.81. The molecule has 200 valence electrons. The Kier molecular flexibility index (Phi) is 17.6. The lowest BCUT2D eigenvalue weighted by molar-refractivity contribution is 0.273. The first-order valence-electron chi connectivity index (χ1n) is 15.6. The third kappa shape index (κ3) is 13.4. The molecule has 0 aliphatic carbocycles. The molecule has 1 aromatic carbocycles. The highest BCUT2D eigenvalue weighted by Gasteiger charge is 2.26. The SMILES string of the molecule is CCCCCCCCCCCCC1N(CCCCCCCCCCCC)C=CN1c1ccccc1. The fourth-order valence-electron chi connectivity index (χ4n) is 5.50. The summed E-state index contributed by atoms with van der Waals surface area (Å²) in [6.07, 6.45) is 34.7. The molecule has 0 N–H and O–H groups in total. The largest absolute Gasteiger partial charge is 0.356 e. The molecule has 0 radical (unpaired) electrons. The molecule has 1 aliphatic rings. The van der Waals surface area contributed by atoms with Crippen LogP contribution in [-0.4, -0.2) is 17.6 Å². The highest BCUT2D eigenvalue weighted by Crippen LogP contribution is 2.28. The lowest BCUT2D eigenvalue weighted by atomic mass is 10.0. The van der Waals surface area contributed by atoms with Crippen molar-refractivity contribution in [3.05, 3.63) is 42.7 Å². The molecule has 0 saturated heterocycles. The number of para-hydroxylation sites is 1. The number of nitrogens with zero attached hydrogens (tertiary/aromatic N) is 2. The van der Waals surface area contributed by atoms with E-state index in [4.69, 9.17) is 0 Å². The van der Waals surface area contributed by atoms with Crippen molar-refractivity contribution in [2.45, 2.75) is 155 Å². The van der Waals surface area contributed by atoms with Gasteiger partial charge >= 0.3 is 0 Å². The summed E-state index contributed by atoms with van der Waals surface area (Å²) in [5.41, 5.74) is 1.34. The zero-order valence-electron chi connectivity index (χ0n) is 23.6. The van der Waals surface area contributed by atoms with Crippen molar-refractivity contribution in [2.75, 3.05) is 11.4 Å². The minimum absolute atomic E-state index is 0.505. The molecule has 0 bridgehead atoms. The maximum atomic E-state index is 2.63. The quantitative estimate of drug-likeness (QED) is 0.143. The highest BCUT2D eigenvalue weighted by molar-refractivity contribution is 5.51. The Labute approximate surface area is 219 Å². The predicted molar refractivity (Wildman–Crippen MR) is 157 cm³/mol. The van der Waals surface area contributed by atoms with Gasteiger partial charge in [0.1, 0.15) is 6.17 Å². The van der Waals surface area contributed by atoms with E-state index in [-0.39, 0.29) is 0 Å². The van der Waals surface area contributed by atoms with E-state index in [1.54, 1.807) is 0 Å². The number of rotatable bonds is 23. The van der Waals surface area contributed by atoms with Gasteiger partial charge in [0.15, 0.2) is 0 Å². The molecular formula is C33H58N2. The topological polar surface area (TPSA) is 6.48 Å². The van der Waals surface area contributed by atoms with E-state index in [9.17, 15) is 0 Å². The summed E-state index contributed by atoms with van der Waals surface area (Å²) in [5.74, 6) is 0. The molecule has 1 unspecified atom stereocenters. The average Bonchev–Trinajstić information content (AvgIpc) is 3.29. The molecule has 0 aromatic heterocycles. The van der Waals surface area contributed by atoms with Crippen LogP contribution in [0.15, 0.2) is 42.7 Å². The van der Waals surface area contributed by atoms with Gasteiger partial charge in [0.2, 0.25) is 0 Å². The number of hydrogen-bond acceptors (Lipinski definition) is 2. The van der Waals surface area contributed by atoms with Crippen molar-refractivity contribution in [3.8, 4) is 0 Å². The minimum Gasteiger partial charge on any atom is -0.356 e. The molecule has 0 spiro atoms. The van der Waals surface area contributed by atoms with Crippen molar-refractivity contribution >= 4 is 5.69 Å². The van der Waals surface area contributed by atoms with Gasteiger partial charge in [0.05, 0.1) is 0 Å². The van der Waals surface area contributed by atoms with Crippen LogP contribution >= 0.6 is 0 Å². The van der Waals surface area contributed by atoms with Crippen LogP contribution in [0.3, 0.4) is 0 Å². The van der Waals surface area contributed by atoms with Crippen LogP contribution in [0.2, 0.25) is 0 Å². The van der Waals surface area contributed by atoms with Crippen molar-refractivity contribution in [1.29, 1.82) is 0 Å². The summed E-state index contributed by atoms with van der Waals surface area (Å²) < 4.78 is 0. The first-order valence-corrected chi connectivity index (χ1v) is 15.6. The standard InChI is InChI=1S/C33H58N2/c1-3-5-7-9-11-13-15-17-19-24-28-33-34(30-31-35(33)32-26-22-21-23-27-32)29-25-20-18-16-14-12-10-8-6-4-2/h21-23,26-27,30-31,33H,3-20,24-25,28-29H2,1-2H3. The van der Waals surface area contributed by atoms with Gasteiger partial charge in [0, 0.05) is 24.6 Å². The van der Waals surface area contributed by atoms with Crippen molar-refractivity contribution < 1.29 is 0 Å². The van der Waals surface area contributed by atoms with E-state index in [1.165, 1.54) is 147 Å². The van der Waals surface area contributed by atoms with Crippen LogP contribution in [0.4, 0.5) is 5.69 Å². The zero-order valence-corrected chi connectivity index (χ0v) is 23.6. The lowest BCUT2D eigenvalue weighted by Crippen LogP contribution is -2.39. The zero-order chi connectivity index (χ0) is 24.8. The van der Waals surface area contributed by atoms with Crippen LogP contribution in [-0.2, 0) is 0 Å². The Morgan fingerprint density at radius 1 is 0.514 bits per heavy atom. The Balaban J connectivity index is 1.63. The summed E-state index contributed by atoms with van der Waals surface area (Å²) >= 11 is 0. The molecule has 2 rings (SSSR count). The van der Waals surface area contributed by atoms with Crippen LogP contribution < -0.4 is 4.90 Å². The van der Waals surface area contributed by atoms with E-state index < -0.39 is 0 Å². The molecule has 1 aliphatic heterocycles. The van der Waals surface area contributed by atoms with Crippen LogP contribution in [0.1, 0.15) is 149 Å². The molecule has 1 atom stereocenters. The maximum Gasteiger partial charge on any atom is 0.105 e. The van der Waals surface area contributed by atoms with Gasteiger partial charge in [-0.15, -0.1) is 0 Å². The fraction of sp³-hybridized carbons (Fsp3) is 0.758. The molecule has 2 nitrogen and oxygen atoms in total. The second-order valence-corrected chi connectivity index (χ2v) is 10.9. The second-order valence-electron chi connectivity index (χ2n) is 10.9. The Hall–Kier alpha value is -1.44. The van der Waals surface area contributed by atoms with Gasteiger partial charge in [-0.25, -0.2) is 0 Å². The van der Waals surface area contributed by atoms with E-state index in [2.05, 4.69) is 66.4 Å². The normalized spacial score (nSPS) is 15.4. The second kappa shape index (κ2) is 20.7.